The molecule has 3 aliphatic heterocycles. The molecule has 2 saturated heterocycles. The van der Waals surface area contributed by atoms with Gasteiger partial charge in [-0.1, -0.05) is 54.1 Å². The van der Waals surface area contributed by atoms with Gasteiger partial charge in [0.25, 0.3) is 5.91 Å². The summed E-state index contributed by atoms with van der Waals surface area (Å²) in [5.41, 5.74) is 3.75. The minimum Gasteiger partial charge on any atom is -0.322 e. The van der Waals surface area contributed by atoms with Gasteiger partial charge in [0.05, 0.1) is 13.1 Å². The molecule has 1 atom stereocenters. The molecule has 8 nitrogen and oxygen atoms in total. The summed E-state index contributed by atoms with van der Waals surface area (Å²) in [6.07, 6.45) is 0.333. The number of hydrogen-bond acceptors (Lipinski definition) is 4. The number of rotatable bonds is 6. The van der Waals surface area contributed by atoms with Crippen LogP contribution in [-0.4, -0.2) is 57.6 Å². The first-order valence-corrected chi connectivity index (χ1v) is 13.5. The van der Waals surface area contributed by atoms with Gasteiger partial charge in [-0.2, -0.15) is 0 Å². The van der Waals surface area contributed by atoms with Crippen molar-refractivity contribution in [2.45, 2.75) is 38.5 Å². The molecule has 0 aromatic heterocycles. The largest absolute Gasteiger partial charge is 0.322 e. The molecule has 1 unspecified atom stereocenters. The number of nitrogens with zero attached hydrogens (tertiary/aromatic N) is 3. The van der Waals surface area contributed by atoms with Crippen molar-refractivity contribution in [3.05, 3.63) is 93.8 Å². The van der Waals surface area contributed by atoms with E-state index in [-0.39, 0.29) is 49.0 Å². The third-order valence-corrected chi connectivity index (χ3v) is 8.06. The quantitative estimate of drug-likeness (QED) is 0.454. The standard InChI is InChI=1S/C30H26ClFN4O4/c31-21-8-5-18(6-9-21)22-4-2-1-3-19(22)15-34-13-14-35(30(34)40)16-20-7-10-23-24(27(20)32)17-36(29(23)39)25-11-12-26(37)33-28(25)38/h1-10,25H,11-17H2,(H,33,37,38). The average Bonchev–Trinajstić information content (AvgIpc) is 3.46. The van der Waals surface area contributed by atoms with Crippen molar-refractivity contribution in [1.29, 1.82) is 0 Å². The first-order chi connectivity index (χ1) is 19.3. The summed E-state index contributed by atoms with van der Waals surface area (Å²) in [6.45, 7) is 1.37. The Morgan fingerprint density at radius 3 is 2.27 bits per heavy atom. The second-order valence-corrected chi connectivity index (χ2v) is 10.7. The Morgan fingerprint density at radius 2 is 1.55 bits per heavy atom. The maximum Gasteiger partial charge on any atom is 0.320 e. The first kappa shape index (κ1) is 26.0. The van der Waals surface area contributed by atoms with E-state index in [9.17, 15) is 19.2 Å². The summed E-state index contributed by atoms with van der Waals surface area (Å²) in [4.78, 5) is 54.7. The van der Waals surface area contributed by atoms with Crippen LogP contribution in [0.5, 0.6) is 0 Å². The van der Waals surface area contributed by atoms with Gasteiger partial charge in [-0.3, -0.25) is 19.7 Å². The average molecular weight is 561 g/mol. The zero-order chi connectivity index (χ0) is 28.0. The molecule has 10 heteroatoms. The van der Waals surface area contributed by atoms with Gasteiger partial charge in [-0.15, -0.1) is 0 Å². The highest BCUT2D eigenvalue weighted by Gasteiger charge is 2.41. The summed E-state index contributed by atoms with van der Waals surface area (Å²) in [7, 11) is 0. The van der Waals surface area contributed by atoms with E-state index in [1.807, 2.05) is 48.5 Å². The molecule has 2 fully saturated rings. The number of piperidine rings is 1. The lowest BCUT2D eigenvalue weighted by Gasteiger charge is -2.29. The molecule has 3 aromatic rings. The van der Waals surface area contributed by atoms with Crippen LogP contribution in [0.4, 0.5) is 9.18 Å². The molecule has 3 aromatic carbocycles. The lowest BCUT2D eigenvalue weighted by atomic mass is 9.99. The number of imide groups is 1. The van der Waals surface area contributed by atoms with E-state index >= 15 is 4.39 Å². The fourth-order valence-electron chi connectivity index (χ4n) is 5.68. The molecule has 204 valence electrons. The number of carbonyl (C=O) groups excluding carboxylic acids is 4. The Balaban J connectivity index is 1.16. The molecule has 1 N–H and O–H groups in total. The summed E-state index contributed by atoms with van der Waals surface area (Å²) in [5.74, 6) is -1.90. The zero-order valence-electron chi connectivity index (χ0n) is 21.5. The lowest BCUT2D eigenvalue weighted by Crippen LogP contribution is -2.52. The number of benzene rings is 3. The summed E-state index contributed by atoms with van der Waals surface area (Å²) in [6, 6.07) is 17.5. The van der Waals surface area contributed by atoms with E-state index in [4.69, 9.17) is 11.6 Å². The van der Waals surface area contributed by atoms with Gasteiger partial charge in [0.1, 0.15) is 11.9 Å². The van der Waals surface area contributed by atoms with Gasteiger partial charge in [0.15, 0.2) is 0 Å². The van der Waals surface area contributed by atoms with Crippen molar-refractivity contribution in [1.82, 2.24) is 20.0 Å². The molecule has 40 heavy (non-hydrogen) atoms. The van der Waals surface area contributed by atoms with Crippen LogP contribution in [-0.2, 0) is 29.2 Å². The molecule has 5 amide bonds. The molecule has 3 heterocycles. The van der Waals surface area contributed by atoms with E-state index in [1.165, 1.54) is 11.0 Å². The number of nitrogens with one attached hydrogen (secondary N) is 1. The molecule has 6 rings (SSSR count). The molecular formula is C30H26ClFN4O4. The smallest absolute Gasteiger partial charge is 0.320 e. The SMILES string of the molecule is O=C1CCC(N2Cc3c(ccc(CN4CCN(Cc5ccccc5-c5ccc(Cl)cc5)C4=O)c3F)C2=O)C(=O)N1. The van der Waals surface area contributed by atoms with Crippen LogP contribution in [0.3, 0.4) is 0 Å². The van der Waals surface area contributed by atoms with Gasteiger partial charge in [0, 0.05) is 47.8 Å². The monoisotopic (exact) mass is 560 g/mol. The molecule has 0 bridgehead atoms. The minimum atomic E-state index is -0.815. The Hall–Kier alpha value is -4.24. The van der Waals surface area contributed by atoms with Crippen LogP contribution in [0.2, 0.25) is 5.02 Å². The number of amides is 5. The Kier molecular flexibility index (Phi) is 6.75. The Morgan fingerprint density at radius 1 is 0.850 bits per heavy atom. The molecular weight excluding hydrogens is 535 g/mol. The predicted molar refractivity (Wildman–Crippen MR) is 146 cm³/mol. The van der Waals surface area contributed by atoms with Crippen LogP contribution in [0.25, 0.3) is 11.1 Å². The number of carbonyl (C=O) groups is 4. The van der Waals surface area contributed by atoms with E-state index in [0.717, 1.165) is 16.7 Å². The lowest BCUT2D eigenvalue weighted by molar-refractivity contribution is -0.136. The fraction of sp³-hybridized carbons (Fsp3) is 0.267. The maximum atomic E-state index is 15.6. The second kappa shape index (κ2) is 10.4. The number of fused-ring (bicyclic) bond motifs is 1. The predicted octanol–water partition coefficient (Wildman–Crippen LogP) is 4.34. The van der Waals surface area contributed by atoms with Gasteiger partial charge in [-0.05, 0) is 41.3 Å². The topological polar surface area (TPSA) is 90.0 Å². The molecule has 0 radical (unpaired) electrons. The van der Waals surface area contributed by atoms with Crippen LogP contribution in [0.1, 0.15) is 39.9 Å². The second-order valence-electron chi connectivity index (χ2n) is 10.3. The van der Waals surface area contributed by atoms with Gasteiger partial charge in [0.2, 0.25) is 11.8 Å². The number of halogens is 2. The van der Waals surface area contributed by atoms with E-state index < -0.39 is 23.7 Å². The van der Waals surface area contributed by atoms with E-state index in [1.54, 1.807) is 15.9 Å². The van der Waals surface area contributed by atoms with Crippen LogP contribution >= 0.6 is 11.6 Å². The Bertz CT molecular complexity index is 1540. The molecule has 3 aliphatic rings. The van der Waals surface area contributed by atoms with E-state index in [2.05, 4.69) is 5.32 Å². The highest BCUT2D eigenvalue weighted by atomic mass is 35.5. The van der Waals surface area contributed by atoms with Crippen LogP contribution < -0.4 is 5.32 Å². The summed E-state index contributed by atoms with van der Waals surface area (Å²) in [5, 5.41) is 2.90. The van der Waals surface area contributed by atoms with Crippen molar-refractivity contribution >= 4 is 35.4 Å². The van der Waals surface area contributed by atoms with Crippen LogP contribution in [0, 0.1) is 5.82 Å². The van der Waals surface area contributed by atoms with Crippen molar-refractivity contribution < 1.29 is 23.6 Å². The summed E-state index contributed by atoms with van der Waals surface area (Å²) >= 11 is 6.05. The van der Waals surface area contributed by atoms with E-state index in [0.29, 0.717) is 30.2 Å². The zero-order valence-corrected chi connectivity index (χ0v) is 22.3. The normalized spacial score (nSPS) is 18.9. The number of urea groups is 1. The molecule has 0 aliphatic carbocycles. The van der Waals surface area contributed by atoms with Crippen LogP contribution in [0.15, 0.2) is 60.7 Å². The van der Waals surface area contributed by atoms with Crippen molar-refractivity contribution in [3.8, 4) is 11.1 Å². The van der Waals surface area contributed by atoms with Crippen molar-refractivity contribution in [2.75, 3.05) is 13.1 Å². The third kappa shape index (κ3) is 4.70. The van der Waals surface area contributed by atoms with Gasteiger partial charge >= 0.3 is 6.03 Å². The maximum absolute atomic E-state index is 15.6. The molecule has 0 spiro atoms. The van der Waals surface area contributed by atoms with Gasteiger partial charge < -0.3 is 14.7 Å². The number of hydrogen-bond donors (Lipinski definition) is 1. The summed E-state index contributed by atoms with van der Waals surface area (Å²) < 4.78 is 15.6. The van der Waals surface area contributed by atoms with Crippen molar-refractivity contribution in [3.63, 3.8) is 0 Å². The highest BCUT2D eigenvalue weighted by molar-refractivity contribution is 6.30. The minimum absolute atomic E-state index is 0.0539. The van der Waals surface area contributed by atoms with Gasteiger partial charge in [-0.25, -0.2) is 9.18 Å². The molecule has 0 saturated carbocycles. The first-order valence-electron chi connectivity index (χ1n) is 13.1. The van der Waals surface area contributed by atoms with Crippen molar-refractivity contribution in [2.24, 2.45) is 0 Å². The third-order valence-electron chi connectivity index (χ3n) is 7.81. The fourth-order valence-corrected chi connectivity index (χ4v) is 5.81. The Labute approximate surface area is 235 Å². The highest BCUT2D eigenvalue weighted by Crippen LogP contribution is 2.32.